The normalized spacial score (nSPS) is 26.8. The Labute approximate surface area is 216 Å². The van der Waals surface area contributed by atoms with Crippen molar-refractivity contribution < 1.29 is 37.9 Å². The molecule has 204 valence electrons. The first-order chi connectivity index (χ1) is 17.6. The summed E-state index contributed by atoms with van der Waals surface area (Å²) in [7, 11) is 0. The first-order valence-electron chi connectivity index (χ1n) is 13.3. The summed E-state index contributed by atoms with van der Waals surface area (Å²) < 4.78 is 44.6. The van der Waals surface area contributed by atoms with Crippen molar-refractivity contribution in [3.05, 3.63) is 48.1 Å². The summed E-state index contributed by atoms with van der Waals surface area (Å²) in [5.74, 6) is 2.52. The van der Waals surface area contributed by atoms with E-state index in [1.807, 2.05) is 38.2 Å². The average molecular weight is 509 g/mol. The van der Waals surface area contributed by atoms with Crippen molar-refractivity contribution in [1.29, 1.82) is 0 Å². The number of hydrogen-bond donors (Lipinski definition) is 0. The summed E-state index contributed by atoms with van der Waals surface area (Å²) in [4.78, 5) is 0. The Hall–Kier alpha value is -2.64. The van der Waals surface area contributed by atoms with Crippen LogP contribution in [-0.2, 0) is 37.9 Å². The molecule has 4 fully saturated rings. The van der Waals surface area contributed by atoms with Gasteiger partial charge in [0.1, 0.15) is 63.7 Å². The molecule has 36 heavy (non-hydrogen) atoms. The summed E-state index contributed by atoms with van der Waals surface area (Å²) in [5.41, 5.74) is -0.316. The van der Waals surface area contributed by atoms with Crippen LogP contribution in [0.5, 0.6) is 0 Å². The molecule has 0 unspecified atom stereocenters. The second-order valence-corrected chi connectivity index (χ2v) is 9.86. The Bertz CT molecular complexity index is 684. The first kappa shape index (κ1) is 27.9. The maximum atomic E-state index is 5.71. The number of allylic oxidation sites excluding steroid dienone is 4. The van der Waals surface area contributed by atoms with Crippen LogP contribution in [0.15, 0.2) is 48.1 Å². The predicted molar refractivity (Wildman–Crippen MR) is 135 cm³/mol. The van der Waals surface area contributed by atoms with Crippen LogP contribution in [0.4, 0.5) is 0 Å². The van der Waals surface area contributed by atoms with Gasteiger partial charge in [-0.3, -0.25) is 0 Å². The first-order valence-corrected chi connectivity index (χ1v) is 13.3. The van der Waals surface area contributed by atoms with Crippen molar-refractivity contribution in [2.45, 2.75) is 66.2 Å². The van der Waals surface area contributed by atoms with Crippen molar-refractivity contribution in [3.63, 3.8) is 0 Å². The highest BCUT2D eigenvalue weighted by Gasteiger charge is 2.42. The van der Waals surface area contributed by atoms with Gasteiger partial charge < -0.3 is 37.9 Å². The zero-order valence-electron chi connectivity index (χ0n) is 22.5. The van der Waals surface area contributed by atoms with E-state index in [0.29, 0.717) is 76.6 Å². The molecule has 8 heteroatoms. The highest BCUT2D eigenvalue weighted by atomic mass is 16.7. The highest BCUT2D eigenvalue weighted by molar-refractivity contribution is 4.97. The van der Waals surface area contributed by atoms with Gasteiger partial charge in [-0.15, -0.1) is 0 Å². The molecule has 2 spiro atoms. The lowest BCUT2D eigenvalue weighted by atomic mass is 9.91. The molecule has 0 atom stereocenters. The van der Waals surface area contributed by atoms with Crippen molar-refractivity contribution in [1.82, 2.24) is 0 Å². The molecule has 0 N–H and O–H groups in total. The minimum atomic E-state index is -0.163. The third-order valence-electron chi connectivity index (χ3n) is 6.37. The topological polar surface area (TPSA) is 73.8 Å². The van der Waals surface area contributed by atoms with Crippen molar-refractivity contribution >= 4 is 0 Å². The van der Waals surface area contributed by atoms with Crippen molar-refractivity contribution in [2.75, 3.05) is 52.9 Å². The van der Waals surface area contributed by atoms with Crippen LogP contribution in [0.3, 0.4) is 0 Å². The second-order valence-electron chi connectivity index (χ2n) is 9.86. The molecule has 0 radical (unpaired) electrons. The van der Waals surface area contributed by atoms with Gasteiger partial charge in [0.15, 0.2) is 0 Å². The number of unbranched alkanes of at least 4 members (excludes halogenated alkanes) is 4. The minimum absolute atomic E-state index is 0.154. The molecule has 0 saturated carbocycles. The summed E-state index contributed by atoms with van der Waals surface area (Å²) >= 11 is 0. The van der Waals surface area contributed by atoms with Crippen LogP contribution in [-0.4, -0.2) is 52.9 Å². The highest BCUT2D eigenvalue weighted by Crippen LogP contribution is 2.33. The van der Waals surface area contributed by atoms with Gasteiger partial charge in [-0.1, -0.05) is 26.7 Å². The Kier molecular flexibility index (Phi) is 11.0. The average Bonchev–Trinajstić information content (AvgIpc) is 2.93. The molecule has 4 aliphatic rings. The third kappa shape index (κ3) is 8.20. The van der Waals surface area contributed by atoms with Crippen molar-refractivity contribution in [3.8, 4) is 0 Å². The van der Waals surface area contributed by atoms with Gasteiger partial charge in [-0.05, 0) is 63.8 Å². The lowest BCUT2D eigenvalue weighted by molar-refractivity contribution is -0.186. The van der Waals surface area contributed by atoms with Crippen molar-refractivity contribution in [2.24, 2.45) is 10.8 Å². The van der Waals surface area contributed by atoms with E-state index in [0.717, 1.165) is 12.8 Å². The fourth-order valence-electron chi connectivity index (χ4n) is 3.88. The molecule has 0 amide bonds. The predicted octanol–water partition coefficient (Wildman–Crippen LogP) is 5.92. The lowest BCUT2D eigenvalue weighted by Gasteiger charge is -2.40. The maximum Gasteiger partial charge on any atom is 0.274 e. The zero-order valence-corrected chi connectivity index (χ0v) is 22.5. The van der Waals surface area contributed by atoms with E-state index in [-0.39, 0.29) is 10.8 Å². The lowest BCUT2D eigenvalue weighted by Crippen LogP contribution is -2.46. The second kappa shape index (κ2) is 14.2. The molecule has 0 aromatic rings. The summed E-state index contributed by atoms with van der Waals surface area (Å²) in [6, 6.07) is 0. The van der Waals surface area contributed by atoms with Gasteiger partial charge in [0.25, 0.3) is 23.8 Å². The van der Waals surface area contributed by atoms with Crippen LogP contribution < -0.4 is 0 Å². The van der Waals surface area contributed by atoms with Gasteiger partial charge >= 0.3 is 0 Å². The van der Waals surface area contributed by atoms with Crippen LogP contribution in [0.25, 0.3) is 0 Å². The maximum absolute atomic E-state index is 5.71. The minimum Gasteiger partial charge on any atom is -0.465 e. The van der Waals surface area contributed by atoms with E-state index in [1.54, 1.807) is 0 Å². The van der Waals surface area contributed by atoms with Crippen LogP contribution in [0, 0.1) is 10.8 Å². The Morgan fingerprint density at radius 1 is 0.500 bits per heavy atom. The molecule has 4 saturated heterocycles. The van der Waals surface area contributed by atoms with Gasteiger partial charge in [0, 0.05) is 0 Å². The quantitative estimate of drug-likeness (QED) is 0.410. The van der Waals surface area contributed by atoms with Crippen LogP contribution >= 0.6 is 0 Å². The molecule has 0 aromatic carbocycles. The summed E-state index contributed by atoms with van der Waals surface area (Å²) in [6.45, 7) is 12.9. The number of ether oxygens (including phenoxy) is 8. The summed E-state index contributed by atoms with van der Waals surface area (Å²) in [6.07, 6.45) is 14.4. The molecule has 4 rings (SSSR count). The van der Waals surface area contributed by atoms with E-state index in [2.05, 4.69) is 13.8 Å². The Morgan fingerprint density at radius 2 is 0.778 bits per heavy atom. The van der Waals surface area contributed by atoms with Gasteiger partial charge in [0.2, 0.25) is 0 Å². The molecule has 0 aromatic heterocycles. The monoisotopic (exact) mass is 508 g/mol. The molecule has 0 aliphatic carbocycles. The third-order valence-corrected chi connectivity index (χ3v) is 6.37. The van der Waals surface area contributed by atoms with E-state index in [9.17, 15) is 0 Å². The smallest absolute Gasteiger partial charge is 0.274 e. The fourth-order valence-corrected chi connectivity index (χ4v) is 3.88. The Balaban J connectivity index is 0.000000212. The Morgan fingerprint density at radius 3 is 1.03 bits per heavy atom. The van der Waals surface area contributed by atoms with E-state index < -0.39 is 0 Å². The zero-order chi connectivity index (χ0) is 25.7. The SMILES string of the molecule is CC=C1OCC2(CO1)COC(=CC)OC2.CCCCC=C1OCC2(CO1)COC(=CCCCC)OC2. The molecule has 8 nitrogen and oxygen atoms in total. The van der Waals surface area contributed by atoms with E-state index in [4.69, 9.17) is 37.9 Å². The van der Waals surface area contributed by atoms with E-state index in [1.165, 1.54) is 25.7 Å². The van der Waals surface area contributed by atoms with E-state index >= 15 is 0 Å². The largest absolute Gasteiger partial charge is 0.465 e. The van der Waals surface area contributed by atoms with Crippen LogP contribution in [0.1, 0.15) is 66.2 Å². The summed E-state index contributed by atoms with van der Waals surface area (Å²) in [5, 5.41) is 0. The standard InChI is InChI=1S/C17H28O4.C11H16O4/c1-3-5-7-9-15-18-11-17(12-19-15)13-20-16(21-14-17)10-8-6-4-2;1-3-9-12-5-11(6-13-9)7-14-10(4-2)15-8-11/h9-10H,3-8,11-14H2,1-2H3;3-4H,5-8H2,1-2H3. The van der Waals surface area contributed by atoms with Gasteiger partial charge in [0.05, 0.1) is 0 Å². The molecule has 4 aliphatic heterocycles. The molecular formula is C28H44O8. The molecule has 4 heterocycles. The number of hydrogen-bond acceptors (Lipinski definition) is 8. The molecular weight excluding hydrogens is 464 g/mol. The van der Waals surface area contributed by atoms with Gasteiger partial charge in [-0.2, -0.15) is 0 Å². The van der Waals surface area contributed by atoms with Crippen LogP contribution in [0.2, 0.25) is 0 Å². The fraction of sp³-hybridized carbons (Fsp3) is 0.714. The molecule has 0 bridgehead atoms. The number of rotatable bonds is 6. The van der Waals surface area contributed by atoms with Gasteiger partial charge in [-0.25, -0.2) is 0 Å².